The van der Waals surface area contributed by atoms with Crippen LogP contribution in [0.25, 0.3) is 11.4 Å². The molecule has 2 aromatic heterocycles. The lowest BCUT2D eigenvalue weighted by Gasteiger charge is -2.22. The van der Waals surface area contributed by atoms with E-state index in [2.05, 4.69) is 25.6 Å². The monoisotopic (exact) mass is 308 g/mol. The highest BCUT2D eigenvalue weighted by Gasteiger charge is 2.24. The minimum atomic E-state index is -0.135. The number of rotatable bonds is 3. The third kappa shape index (κ3) is 2.73. The molecule has 0 fully saturated rings. The predicted molar refractivity (Wildman–Crippen MR) is 83.6 cm³/mol. The molecule has 1 amide bonds. The SMILES string of the molecule is O=C(NC1CCn2nc(-c3ccccc3)nc2C1)c1ccn[nH]1. The van der Waals surface area contributed by atoms with Crippen molar-refractivity contribution in [2.45, 2.75) is 25.4 Å². The van der Waals surface area contributed by atoms with E-state index in [9.17, 15) is 4.79 Å². The van der Waals surface area contributed by atoms with E-state index in [1.807, 2.05) is 35.0 Å². The summed E-state index contributed by atoms with van der Waals surface area (Å²) in [5, 5.41) is 14.1. The van der Waals surface area contributed by atoms with Gasteiger partial charge in [-0.15, -0.1) is 0 Å². The predicted octanol–water partition coefficient (Wildman–Crippen LogP) is 1.41. The largest absolute Gasteiger partial charge is 0.347 e. The van der Waals surface area contributed by atoms with Gasteiger partial charge in [-0.2, -0.15) is 10.2 Å². The van der Waals surface area contributed by atoms with Gasteiger partial charge in [-0.1, -0.05) is 30.3 Å². The second-order valence-electron chi connectivity index (χ2n) is 5.57. The Labute approximate surface area is 132 Å². The molecule has 1 aliphatic rings. The van der Waals surface area contributed by atoms with Crippen molar-refractivity contribution in [3.8, 4) is 11.4 Å². The lowest BCUT2D eigenvalue weighted by Crippen LogP contribution is -2.40. The molecule has 1 unspecified atom stereocenters. The van der Waals surface area contributed by atoms with E-state index in [1.165, 1.54) is 0 Å². The molecule has 2 N–H and O–H groups in total. The first-order valence-corrected chi connectivity index (χ1v) is 7.59. The molecule has 3 aromatic rings. The molecular weight excluding hydrogens is 292 g/mol. The quantitative estimate of drug-likeness (QED) is 0.766. The molecule has 1 atom stereocenters. The molecular formula is C16H16N6O. The zero-order chi connectivity index (χ0) is 15.6. The van der Waals surface area contributed by atoms with Crippen LogP contribution in [0.1, 0.15) is 22.7 Å². The zero-order valence-corrected chi connectivity index (χ0v) is 12.4. The van der Waals surface area contributed by atoms with Crippen LogP contribution < -0.4 is 5.32 Å². The minimum absolute atomic E-state index is 0.0612. The summed E-state index contributed by atoms with van der Waals surface area (Å²) in [7, 11) is 0. The number of aromatic amines is 1. The van der Waals surface area contributed by atoms with E-state index in [4.69, 9.17) is 0 Å². The number of nitrogens with one attached hydrogen (secondary N) is 2. The molecule has 7 nitrogen and oxygen atoms in total. The van der Waals surface area contributed by atoms with E-state index in [1.54, 1.807) is 12.3 Å². The Morgan fingerprint density at radius 1 is 1.26 bits per heavy atom. The van der Waals surface area contributed by atoms with Gasteiger partial charge in [0.15, 0.2) is 5.82 Å². The standard InChI is InChI=1S/C16H16N6O/c23-16(13-6-8-17-20-13)18-12-7-9-22-14(10-12)19-15(21-22)11-4-2-1-3-5-11/h1-6,8,12H,7,9-10H2,(H,17,20)(H,18,23). The van der Waals surface area contributed by atoms with Crippen molar-refractivity contribution in [3.63, 3.8) is 0 Å². The molecule has 1 aliphatic heterocycles. The number of carbonyl (C=O) groups excluding carboxylic acids is 1. The smallest absolute Gasteiger partial charge is 0.269 e. The first-order chi connectivity index (χ1) is 11.3. The van der Waals surface area contributed by atoms with Crippen LogP contribution in [0.3, 0.4) is 0 Å². The van der Waals surface area contributed by atoms with E-state index >= 15 is 0 Å². The van der Waals surface area contributed by atoms with Gasteiger partial charge in [-0.05, 0) is 12.5 Å². The summed E-state index contributed by atoms with van der Waals surface area (Å²) in [6, 6.07) is 11.6. The Bertz CT molecular complexity index is 808. The molecule has 0 radical (unpaired) electrons. The van der Waals surface area contributed by atoms with E-state index in [0.717, 1.165) is 30.2 Å². The number of hydrogen-bond donors (Lipinski definition) is 2. The number of carbonyl (C=O) groups is 1. The van der Waals surface area contributed by atoms with Gasteiger partial charge in [0.25, 0.3) is 5.91 Å². The number of aryl methyl sites for hydroxylation is 1. The first kappa shape index (κ1) is 13.7. The fourth-order valence-corrected chi connectivity index (χ4v) is 2.78. The molecule has 1 aromatic carbocycles. The molecule has 116 valence electrons. The molecule has 3 heterocycles. The number of amides is 1. The Kier molecular flexibility index (Phi) is 3.38. The lowest BCUT2D eigenvalue weighted by molar-refractivity contribution is 0.0925. The summed E-state index contributed by atoms with van der Waals surface area (Å²) in [5.74, 6) is 1.51. The average molecular weight is 308 g/mol. The second-order valence-corrected chi connectivity index (χ2v) is 5.57. The van der Waals surface area contributed by atoms with Gasteiger partial charge in [0.05, 0.1) is 0 Å². The number of H-pyrrole nitrogens is 1. The van der Waals surface area contributed by atoms with Crippen LogP contribution in [0.2, 0.25) is 0 Å². The van der Waals surface area contributed by atoms with Gasteiger partial charge in [0.2, 0.25) is 0 Å². The van der Waals surface area contributed by atoms with Crippen molar-refractivity contribution in [2.75, 3.05) is 0 Å². The maximum atomic E-state index is 12.1. The Balaban J connectivity index is 1.49. The fourth-order valence-electron chi connectivity index (χ4n) is 2.78. The fraction of sp³-hybridized carbons (Fsp3) is 0.250. The molecule has 0 saturated heterocycles. The molecule has 0 spiro atoms. The number of aromatic nitrogens is 5. The summed E-state index contributed by atoms with van der Waals surface area (Å²) >= 11 is 0. The van der Waals surface area contributed by atoms with Crippen molar-refractivity contribution in [1.29, 1.82) is 0 Å². The normalized spacial score (nSPS) is 16.8. The van der Waals surface area contributed by atoms with E-state index in [-0.39, 0.29) is 11.9 Å². The highest BCUT2D eigenvalue weighted by Crippen LogP contribution is 2.19. The van der Waals surface area contributed by atoms with E-state index < -0.39 is 0 Å². The maximum Gasteiger partial charge on any atom is 0.269 e. The van der Waals surface area contributed by atoms with Crippen LogP contribution >= 0.6 is 0 Å². The summed E-state index contributed by atoms with van der Waals surface area (Å²) in [5.41, 5.74) is 1.48. The van der Waals surface area contributed by atoms with Gasteiger partial charge < -0.3 is 5.32 Å². The van der Waals surface area contributed by atoms with Crippen LogP contribution in [0.4, 0.5) is 0 Å². The van der Waals surface area contributed by atoms with Crippen molar-refractivity contribution in [2.24, 2.45) is 0 Å². The summed E-state index contributed by atoms with van der Waals surface area (Å²) in [4.78, 5) is 16.7. The number of benzene rings is 1. The Morgan fingerprint density at radius 2 is 2.13 bits per heavy atom. The molecule has 23 heavy (non-hydrogen) atoms. The van der Waals surface area contributed by atoms with Crippen molar-refractivity contribution < 1.29 is 4.79 Å². The highest BCUT2D eigenvalue weighted by molar-refractivity contribution is 5.92. The van der Waals surface area contributed by atoms with Gasteiger partial charge in [0.1, 0.15) is 11.5 Å². The van der Waals surface area contributed by atoms with Gasteiger partial charge in [0, 0.05) is 30.8 Å². The highest BCUT2D eigenvalue weighted by atomic mass is 16.2. The molecule has 0 bridgehead atoms. The second kappa shape index (κ2) is 5.68. The van der Waals surface area contributed by atoms with Gasteiger partial charge in [-0.25, -0.2) is 9.67 Å². The van der Waals surface area contributed by atoms with Crippen LogP contribution in [-0.2, 0) is 13.0 Å². The van der Waals surface area contributed by atoms with Crippen molar-refractivity contribution >= 4 is 5.91 Å². The van der Waals surface area contributed by atoms with Crippen LogP contribution in [-0.4, -0.2) is 36.9 Å². The van der Waals surface area contributed by atoms with Crippen LogP contribution in [0.5, 0.6) is 0 Å². The molecule has 0 saturated carbocycles. The third-order valence-electron chi connectivity index (χ3n) is 3.98. The lowest BCUT2D eigenvalue weighted by atomic mass is 10.1. The van der Waals surface area contributed by atoms with Crippen LogP contribution in [0, 0.1) is 0 Å². The average Bonchev–Trinajstić information content (AvgIpc) is 3.25. The third-order valence-corrected chi connectivity index (χ3v) is 3.98. The van der Waals surface area contributed by atoms with Crippen molar-refractivity contribution in [1.82, 2.24) is 30.3 Å². The van der Waals surface area contributed by atoms with Gasteiger partial charge in [-0.3, -0.25) is 9.89 Å². The van der Waals surface area contributed by atoms with E-state index in [0.29, 0.717) is 12.1 Å². The molecule has 4 rings (SSSR count). The number of nitrogens with zero attached hydrogens (tertiary/aromatic N) is 4. The summed E-state index contributed by atoms with van der Waals surface area (Å²) in [6.07, 6.45) is 3.09. The Morgan fingerprint density at radius 3 is 2.91 bits per heavy atom. The summed E-state index contributed by atoms with van der Waals surface area (Å²) in [6.45, 7) is 0.753. The minimum Gasteiger partial charge on any atom is -0.347 e. The number of hydrogen-bond acceptors (Lipinski definition) is 4. The molecule has 7 heteroatoms. The topological polar surface area (TPSA) is 88.5 Å². The molecule has 0 aliphatic carbocycles. The maximum absolute atomic E-state index is 12.1. The number of fused-ring (bicyclic) bond motifs is 1. The zero-order valence-electron chi connectivity index (χ0n) is 12.4. The van der Waals surface area contributed by atoms with Gasteiger partial charge >= 0.3 is 0 Å². The first-order valence-electron chi connectivity index (χ1n) is 7.59. The Hall–Kier alpha value is -2.96. The summed E-state index contributed by atoms with van der Waals surface area (Å²) < 4.78 is 1.93. The van der Waals surface area contributed by atoms with Crippen molar-refractivity contribution in [3.05, 3.63) is 54.1 Å². The van der Waals surface area contributed by atoms with Crippen LogP contribution in [0.15, 0.2) is 42.6 Å².